The minimum absolute atomic E-state index is 0.214. The summed E-state index contributed by atoms with van der Waals surface area (Å²) < 4.78 is 6.26. The van der Waals surface area contributed by atoms with Crippen molar-refractivity contribution in [2.75, 3.05) is 17.2 Å². The van der Waals surface area contributed by atoms with E-state index in [-0.39, 0.29) is 11.4 Å². The lowest BCUT2D eigenvalue weighted by Gasteiger charge is -2.44. The molecule has 0 saturated heterocycles. The van der Waals surface area contributed by atoms with E-state index < -0.39 is 0 Å². The Kier molecular flexibility index (Phi) is 4.07. The first-order valence-corrected chi connectivity index (χ1v) is 8.16. The molecule has 1 aliphatic heterocycles. The van der Waals surface area contributed by atoms with Gasteiger partial charge in [0.15, 0.2) is 0 Å². The maximum Gasteiger partial charge on any atom is 0.147 e. The second kappa shape index (κ2) is 6.03. The second-order valence-corrected chi connectivity index (χ2v) is 6.24. The normalized spacial score (nSPS) is 15.8. The largest absolute Gasteiger partial charge is 0.508 e. The standard InChI is InChI=1S/C19H24N2O2/c1-3-19(4-2)13-21(12-14-5-7-15(20)8-6-14)17-10-9-16(22)11-18(17)23-19/h5-11,22H,3-4,12-13,20H2,1-2H3. The summed E-state index contributed by atoms with van der Waals surface area (Å²) in [6.07, 6.45) is 1.85. The van der Waals surface area contributed by atoms with Crippen LogP contribution in [0.2, 0.25) is 0 Å². The van der Waals surface area contributed by atoms with Gasteiger partial charge in [-0.3, -0.25) is 0 Å². The van der Waals surface area contributed by atoms with E-state index in [2.05, 4.69) is 30.9 Å². The van der Waals surface area contributed by atoms with Gasteiger partial charge in [0.25, 0.3) is 0 Å². The van der Waals surface area contributed by atoms with Crippen molar-refractivity contribution in [3.8, 4) is 11.5 Å². The quantitative estimate of drug-likeness (QED) is 0.840. The Hall–Kier alpha value is -2.36. The second-order valence-electron chi connectivity index (χ2n) is 6.24. The van der Waals surface area contributed by atoms with Crippen molar-refractivity contribution < 1.29 is 9.84 Å². The van der Waals surface area contributed by atoms with Crippen LogP contribution in [0.5, 0.6) is 11.5 Å². The minimum atomic E-state index is -0.214. The van der Waals surface area contributed by atoms with E-state index in [1.54, 1.807) is 12.1 Å². The number of hydrogen-bond donors (Lipinski definition) is 2. The van der Waals surface area contributed by atoms with Crippen LogP contribution in [0.4, 0.5) is 11.4 Å². The number of rotatable bonds is 4. The van der Waals surface area contributed by atoms with Crippen molar-refractivity contribution in [1.29, 1.82) is 0 Å². The molecule has 0 aromatic heterocycles. The maximum absolute atomic E-state index is 9.80. The monoisotopic (exact) mass is 312 g/mol. The lowest BCUT2D eigenvalue weighted by Crippen LogP contribution is -2.50. The van der Waals surface area contributed by atoms with Gasteiger partial charge < -0.3 is 20.5 Å². The maximum atomic E-state index is 9.80. The molecule has 0 bridgehead atoms. The van der Waals surface area contributed by atoms with Gasteiger partial charge in [0, 0.05) is 18.3 Å². The highest BCUT2D eigenvalue weighted by atomic mass is 16.5. The average molecular weight is 312 g/mol. The molecule has 1 heterocycles. The van der Waals surface area contributed by atoms with E-state index in [0.717, 1.165) is 43.1 Å². The molecule has 4 heteroatoms. The van der Waals surface area contributed by atoms with Crippen molar-refractivity contribution in [3.63, 3.8) is 0 Å². The number of hydrogen-bond acceptors (Lipinski definition) is 4. The van der Waals surface area contributed by atoms with Gasteiger partial charge in [-0.15, -0.1) is 0 Å². The molecular weight excluding hydrogens is 288 g/mol. The minimum Gasteiger partial charge on any atom is -0.508 e. The molecule has 3 rings (SSSR count). The highest BCUT2D eigenvalue weighted by Gasteiger charge is 2.37. The van der Waals surface area contributed by atoms with Crippen LogP contribution in [0, 0.1) is 0 Å². The topological polar surface area (TPSA) is 58.7 Å². The van der Waals surface area contributed by atoms with Crippen molar-refractivity contribution in [2.45, 2.75) is 38.8 Å². The zero-order chi connectivity index (χ0) is 16.4. The SMILES string of the molecule is CCC1(CC)CN(Cc2ccc(N)cc2)c2ccc(O)cc2O1. The highest BCUT2D eigenvalue weighted by molar-refractivity contribution is 5.63. The molecule has 0 fully saturated rings. The van der Waals surface area contributed by atoms with Crippen molar-refractivity contribution in [1.82, 2.24) is 0 Å². The van der Waals surface area contributed by atoms with E-state index in [9.17, 15) is 5.11 Å². The summed E-state index contributed by atoms with van der Waals surface area (Å²) in [6, 6.07) is 13.3. The van der Waals surface area contributed by atoms with Crippen LogP contribution in [0.25, 0.3) is 0 Å². The number of anilines is 2. The van der Waals surface area contributed by atoms with E-state index in [1.807, 2.05) is 18.2 Å². The zero-order valence-electron chi connectivity index (χ0n) is 13.7. The Morgan fingerprint density at radius 2 is 1.83 bits per heavy atom. The Morgan fingerprint density at radius 3 is 2.48 bits per heavy atom. The first kappa shape index (κ1) is 15.5. The van der Waals surface area contributed by atoms with Crippen LogP contribution in [0.15, 0.2) is 42.5 Å². The van der Waals surface area contributed by atoms with E-state index in [1.165, 1.54) is 5.56 Å². The summed E-state index contributed by atoms with van der Waals surface area (Å²) in [7, 11) is 0. The van der Waals surface area contributed by atoms with E-state index in [4.69, 9.17) is 10.5 Å². The van der Waals surface area contributed by atoms with Crippen molar-refractivity contribution >= 4 is 11.4 Å². The molecule has 0 amide bonds. The molecule has 0 aliphatic carbocycles. The van der Waals surface area contributed by atoms with Gasteiger partial charge in [-0.25, -0.2) is 0 Å². The molecule has 23 heavy (non-hydrogen) atoms. The number of nitrogens with zero attached hydrogens (tertiary/aromatic N) is 1. The van der Waals surface area contributed by atoms with Gasteiger partial charge in [0.05, 0.1) is 12.2 Å². The fourth-order valence-corrected chi connectivity index (χ4v) is 3.15. The van der Waals surface area contributed by atoms with Crippen LogP contribution in [-0.4, -0.2) is 17.3 Å². The van der Waals surface area contributed by atoms with Gasteiger partial charge >= 0.3 is 0 Å². The van der Waals surface area contributed by atoms with Gasteiger partial charge in [0.1, 0.15) is 17.1 Å². The van der Waals surface area contributed by atoms with Crippen molar-refractivity contribution in [2.24, 2.45) is 0 Å². The zero-order valence-corrected chi connectivity index (χ0v) is 13.7. The first-order chi connectivity index (χ1) is 11.0. The molecule has 0 atom stereocenters. The van der Waals surface area contributed by atoms with Crippen LogP contribution in [-0.2, 0) is 6.54 Å². The first-order valence-electron chi connectivity index (χ1n) is 8.16. The van der Waals surface area contributed by atoms with Gasteiger partial charge in [-0.1, -0.05) is 26.0 Å². The molecule has 2 aromatic rings. The molecule has 0 unspecified atom stereocenters. The number of benzene rings is 2. The Morgan fingerprint density at radius 1 is 1.13 bits per heavy atom. The smallest absolute Gasteiger partial charge is 0.147 e. The summed E-state index contributed by atoms with van der Waals surface area (Å²) in [5, 5.41) is 9.80. The predicted octanol–water partition coefficient (Wildman–Crippen LogP) is 3.93. The summed E-state index contributed by atoms with van der Waals surface area (Å²) in [4.78, 5) is 2.33. The molecular formula is C19H24N2O2. The molecule has 122 valence electrons. The van der Waals surface area contributed by atoms with Crippen LogP contribution >= 0.6 is 0 Å². The number of phenolic OH excluding ortho intramolecular Hbond substituents is 1. The highest BCUT2D eigenvalue weighted by Crippen LogP contribution is 2.42. The Labute approximate surface area is 137 Å². The van der Waals surface area contributed by atoms with Crippen LogP contribution in [0.3, 0.4) is 0 Å². The van der Waals surface area contributed by atoms with Crippen molar-refractivity contribution in [3.05, 3.63) is 48.0 Å². The lowest BCUT2D eigenvalue weighted by molar-refractivity contribution is 0.0568. The Bertz CT molecular complexity index is 678. The molecule has 0 spiro atoms. The van der Waals surface area contributed by atoms with E-state index in [0.29, 0.717) is 0 Å². The Balaban J connectivity index is 1.96. The third-order valence-corrected chi connectivity index (χ3v) is 4.73. The third kappa shape index (κ3) is 3.07. The predicted molar refractivity (Wildman–Crippen MR) is 94.0 cm³/mol. The van der Waals surface area contributed by atoms with E-state index >= 15 is 0 Å². The summed E-state index contributed by atoms with van der Waals surface area (Å²) in [5.41, 5.74) is 8.57. The number of nitrogens with two attached hydrogens (primary N) is 1. The number of fused-ring (bicyclic) bond motifs is 1. The molecule has 4 nitrogen and oxygen atoms in total. The molecule has 0 radical (unpaired) electrons. The van der Waals surface area contributed by atoms with Crippen LogP contribution < -0.4 is 15.4 Å². The van der Waals surface area contributed by atoms with Gasteiger partial charge in [0.2, 0.25) is 0 Å². The lowest BCUT2D eigenvalue weighted by atomic mass is 9.93. The summed E-state index contributed by atoms with van der Waals surface area (Å²) in [6.45, 7) is 5.93. The number of ether oxygens (including phenoxy) is 1. The summed E-state index contributed by atoms with van der Waals surface area (Å²) in [5.74, 6) is 0.995. The molecule has 0 saturated carbocycles. The molecule has 3 N–H and O–H groups in total. The fourth-order valence-electron chi connectivity index (χ4n) is 3.15. The third-order valence-electron chi connectivity index (χ3n) is 4.73. The molecule has 1 aliphatic rings. The number of nitrogen functional groups attached to an aromatic ring is 1. The van der Waals surface area contributed by atoms with Crippen LogP contribution in [0.1, 0.15) is 32.3 Å². The van der Waals surface area contributed by atoms with Gasteiger partial charge in [-0.2, -0.15) is 0 Å². The molecule has 2 aromatic carbocycles. The fraction of sp³-hybridized carbons (Fsp3) is 0.368. The summed E-state index contributed by atoms with van der Waals surface area (Å²) >= 11 is 0. The van der Waals surface area contributed by atoms with Gasteiger partial charge in [-0.05, 0) is 42.7 Å². The number of aromatic hydroxyl groups is 1. The number of phenols is 1. The average Bonchev–Trinajstić information content (AvgIpc) is 2.56.